The highest BCUT2D eigenvalue weighted by molar-refractivity contribution is 6.30. The predicted molar refractivity (Wildman–Crippen MR) is 145 cm³/mol. The van der Waals surface area contributed by atoms with Crippen LogP contribution in [-0.4, -0.2) is 68.9 Å². The summed E-state index contributed by atoms with van der Waals surface area (Å²) in [6.45, 7) is 1.59. The normalized spacial score (nSPS) is 18.1. The smallest absolute Gasteiger partial charge is 0.317 e. The van der Waals surface area contributed by atoms with Gasteiger partial charge in [0, 0.05) is 58.3 Å². The minimum absolute atomic E-state index is 0.0210. The van der Waals surface area contributed by atoms with Gasteiger partial charge in [-0.2, -0.15) is 0 Å². The number of methoxy groups -OCH3 is 1. The van der Waals surface area contributed by atoms with E-state index >= 15 is 0 Å². The maximum Gasteiger partial charge on any atom is 0.317 e. The summed E-state index contributed by atoms with van der Waals surface area (Å²) in [6.07, 6.45) is 4.78. The van der Waals surface area contributed by atoms with Crippen LogP contribution in [0.2, 0.25) is 5.02 Å². The van der Waals surface area contributed by atoms with Crippen molar-refractivity contribution in [2.24, 2.45) is 5.92 Å². The summed E-state index contributed by atoms with van der Waals surface area (Å²) >= 11 is 5.98. The summed E-state index contributed by atoms with van der Waals surface area (Å²) in [6, 6.07) is 4.31. The molecule has 0 aliphatic heterocycles. The lowest BCUT2D eigenvalue weighted by atomic mass is 9.83. The van der Waals surface area contributed by atoms with E-state index in [9.17, 15) is 23.1 Å². The van der Waals surface area contributed by atoms with Crippen LogP contribution in [0.3, 0.4) is 0 Å². The largest absolute Gasteiger partial charge is 0.385 e. The molecular weight excluding hydrogens is 519 g/mol. The molecule has 2 rings (SSSR count). The average Bonchev–Trinajstić information content (AvgIpc) is 2.87. The van der Waals surface area contributed by atoms with Gasteiger partial charge in [-0.3, -0.25) is 0 Å². The van der Waals surface area contributed by atoms with Crippen molar-refractivity contribution in [3.8, 4) is 0 Å². The first-order chi connectivity index (χ1) is 18.0. The SMILES string of the molecule is CNC[C@H](CC1CCC(F)(F)CC1)NC(=O)N(C)CCCC[C@@](O)(CCCCOC)c1cccc(Cl)c1F. The molecule has 1 saturated carbocycles. The van der Waals surface area contributed by atoms with Crippen molar-refractivity contribution in [2.75, 3.05) is 40.9 Å². The Morgan fingerprint density at radius 3 is 2.53 bits per heavy atom. The van der Waals surface area contributed by atoms with Gasteiger partial charge in [0.15, 0.2) is 0 Å². The van der Waals surface area contributed by atoms with Crippen LogP contribution in [0.25, 0.3) is 0 Å². The third kappa shape index (κ3) is 10.5. The number of benzene rings is 1. The van der Waals surface area contributed by atoms with Gasteiger partial charge in [-0.05, 0) is 76.8 Å². The number of nitrogens with one attached hydrogen (secondary N) is 2. The number of hydrogen-bond donors (Lipinski definition) is 3. The summed E-state index contributed by atoms with van der Waals surface area (Å²) in [5.41, 5.74) is -1.16. The Bertz CT molecular complexity index is 854. The number of unbranched alkanes of at least 4 members (excludes halogenated alkanes) is 2. The molecule has 1 fully saturated rings. The van der Waals surface area contributed by atoms with E-state index in [0.717, 1.165) is 6.42 Å². The Morgan fingerprint density at radius 1 is 1.24 bits per heavy atom. The lowest BCUT2D eigenvalue weighted by molar-refractivity contribution is -0.0473. The van der Waals surface area contributed by atoms with Gasteiger partial charge in [-0.25, -0.2) is 18.0 Å². The Labute approximate surface area is 230 Å². The number of rotatable bonds is 16. The van der Waals surface area contributed by atoms with Gasteiger partial charge >= 0.3 is 6.03 Å². The fourth-order valence-corrected chi connectivity index (χ4v) is 5.43. The molecule has 1 aliphatic rings. The number of halogens is 4. The monoisotopic (exact) mass is 563 g/mol. The molecule has 0 spiro atoms. The zero-order valence-electron chi connectivity index (χ0n) is 23.0. The topological polar surface area (TPSA) is 73.8 Å². The minimum atomic E-state index is -2.56. The molecule has 0 unspecified atom stereocenters. The van der Waals surface area contributed by atoms with E-state index in [1.807, 2.05) is 0 Å². The maximum atomic E-state index is 14.8. The van der Waals surface area contributed by atoms with E-state index in [1.165, 1.54) is 6.07 Å². The molecule has 2 atom stereocenters. The Balaban J connectivity index is 1.87. The van der Waals surface area contributed by atoms with Gasteiger partial charge in [0.05, 0.1) is 10.6 Å². The number of urea groups is 1. The highest BCUT2D eigenvalue weighted by Gasteiger charge is 2.36. The first-order valence-corrected chi connectivity index (χ1v) is 14.1. The van der Waals surface area contributed by atoms with Gasteiger partial charge < -0.3 is 25.4 Å². The van der Waals surface area contributed by atoms with E-state index in [2.05, 4.69) is 10.6 Å². The second-order valence-electron chi connectivity index (χ2n) is 10.7. The molecule has 0 saturated heterocycles. The van der Waals surface area contributed by atoms with Gasteiger partial charge in [-0.1, -0.05) is 23.7 Å². The van der Waals surface area contributed by atoms with Crippen molar-refractivity contribution in [2.45, 2.75) is 88.2 Å². The fraction of sp³-hybridized carbons (Fsp3) is 0.750. The van der Waals surface area contributed by atoms with Crippen LogP contribution < -0.4 is 10.6 Å². The molecule has 0 radical (unpaired) electrons. The highest BCUT2D eigenvalue weighted by Crippen LogP contribution is 2.38. The molecule has 218 valence electrons. The lowest BCUT2D eigenvalue weighted by Gasteiger charge is -2.32. The third-order valence-electron chi connectivity index (χ3n) is 7.56. The summed E-state index contributed by atoms with van der Waals surface area (Å²) in [5, 5.41) is 17.5. The molecule has 1 aliphatic carbocycles. The number of likely N-dealkylation sites (N-methyl/N-ethyl adjacent to an activating group) is 1. The third-order valence-corrected chi connectivity index (χ3v) is 7.85. The quantitative estimate of drug-likeness (QED) is 0.213. The van der Waals surface area contributed by atoms with Crippen molar-refractivity contribution < 1.29 is 27.8 Å². The van der Waals surface area contributed by atoms with E-state index < -0.39 is 17.3 Å². The maximum absolute atomic E-state index is 14.8. The average molecular weight is 564 g/mol. The number of hydrogen-bond acceptors (Lipinski definition) is 4. The summed E-state index contributed by atoms with van der Waals surface area (Å²) < 4.78 is 46.9. The van der Waals surface area contributed by atoms with Crippen LogP contribution in [0.5, 0.6) is 0 Å². The van der Waals surface area contributed by atoms with E-state index in [-0.39, 0.29) is 41.4 Å². The van der Waals surface area contributed by atoms with E-state index in [1.54, 1.807) is 38.2 Å². The lowest BCUT2D eigenvalue weighted by Crippen LogP contribution is -2.48. The molecule has 3 N–H and O–H groups in total. The molecular formula is C28H45ClF3N3O3. The van der Waals surface area contributed by atoms with Crippen molar-refractivity contribution in [3.05, 3.63) is 34.6 Å². The molecule has 10 heteroatoms. The van der Waals surface area contributed by atoms with Crippen LogP contribution >= 0.6 is 11.6 Å². The van der Waals surface area contributed by atoms with Gasteiger partial charge in [-0.15, -0.1) is 0 Å². The first kappa shape index (κ1) is 32.7. The van der Waals surface area contributed by atoms with Gasteiger partial charge in [0.1, 0.15) is 5.82 Å². The zero-order valence-corrected chi connectivity index (χ0v) is 23.8. The van der Waals surface area contributed by atoms with E-state index in [4.69, 9.17) is 16.3 Å². The second kappa shape index (κ2) is 15.9. The summed E-state index contributed by atoms with van der Waals surface area (Å²) in [7, 11) is 5.13. The number of amides is 2. The molecule has 38 heavy (non-hydrogen) atoms. The van der Waals surface area contributed by atoms with Gasteiger partial charge in [0.25, 0.3) is 0 Å². The number of alkyl halides is 2. The molecule has 0 heterocycles. The molecule has 0 bridgehead atoms. The van der Waals surface area contributed by atoms with Crippen LogP contribution in [-0.2, 0) is 10.3 Å². The molecule has 0 aromatic heterocycles. The molecule has 1 aromatic rings. The molecule has 1 aromatic carbocycles. The number of ether oxygens (including phenoxy) is 1. The molecule has 6 nitrogen and oxygen atoms in total. The number of carbonyl (C=O) groups is 1. The van der Waals surface area contributed by atoms with Crippen LogP contribution in [0.4, 0.5) is 18.0 Å². The Hall–Kier alpha value is -1.55. The highest BCUT2D eigenvalue weighted by atomic mass is 35.5. The van der Waals surface area contributed by atoms with Gasteiger partial charge in [0.2, 0.25) is 5.92 Å². The summed E-state index contributed by atoms with van der Waals surface area (Å²) in [4.78, 5) is 14.4. The molecule has 2 amide bonds. The predicted octanol–water partition coefficient (Wildman–Crippen LogP) is 6.10. The Kier molecular flexibility index (Phi) is 13.7. The zero-order chi connectivity index (χ0) is 28.2. The van der Waals surface area contributed by atoms with E-state index in [0.29, 0.717) is 71.1 Å². The second-order valence-corrected chi connectivity index (χ2v) is 11.1. The summed E-state index contributed by atoms with van der Waals surface area (Å²) in [5.74, 6) is -2.99. The van der Waals surface area contributed by atoms with Crippen LogP contribution in [0.1, 0.15) is 76.2 Å². The Morgan fingerprint density at radius 2 is 1.89 bits per heavy atom. The number of aliphatic hydroxyl groups is 1. The van der Waals surface area contributed by atoms with Crippen LogP contribution in [0.15, 0.2) is 18.2 Å². The van der Waals surface area contributed by atoms with Crippen molar-refractivity contribution >= 4 is 17.6 Å². The van der Waals surface area contributed by atoms with Crippen molar-refractivity contribution in [1.82, 2.24) is 15.5 Å². The minimum Gasteiger partial charge on any atom is -0.385 e. The number of nitrogens with zero attached hydrogens (tertiary/aromatic N) is 1. The first-order valence-electron chi connectivity index (χ1n) is 13.7. The van der Waals surface area contributed by atoms with Crippen LogP contribution in [0, 0.1) is 11.7 Å². The van der Waals surface area contributed by atoms with Crippen molar-refractivity contribution in [3.63, 3.8) is 0 Å². The standard InChI is InChI=1S/C28H45ClF3N3O3/c1-33-20-22(19-21-11-15-28(31,32)16-12-21)34-26(36)35(2)17-6-4-13-27(37,14-5-7-18-38-3)23-9-8-10-24(29)25(23)30/h8-10,21-22,33,37H,4-7,11-20H2,1-3H3,(H,34,36)/t22-,27+/m0/s1. The van der Waals surface area contributed by atoms with Crippen molar-refractivity contribution in [1.29, 1.82) is 0 Å². The number of carbonyl (C=O) groups excluding carboxylic acids is 1. The fourth-order valence-electron chi connectivity index (χ4n) is 5.25.